The van der Waals surface area contributed by atoms with Gasteiger partial charge in [0.2, 0.25) is 0 Å². The van der Waals surface area contributed by atoms with Crippen LogP contribution in [0.3, 0.4) is 0 Å². The Labute approximate surface area is 70.5 Å². The van der Waals surface area contributed by atoms with E-state index in [2.05, 4.69) is 17.4 Å². The molecule has 0 aromatic carbocycles. The van der Waals surface area contributed by atoms with Crippen molar-refractivity contribution < 1.29 is 14.3 Å². The summed E-state index contributed by atoms with van der Waals surface area (Å²) in [6.07, 6.45) is 0. The molecule has 11 heavy (non-hydrogen) atoms. The van der Waals surface area contributed by atoms with E-state index in [0.29, 0.717) is 0 Å². The second-order valence-electron chi connectivity index (χ2n) is 2.20. The van der Waals surface area contributed by atoms with Gasteiger partial charge < -0.3 is 10.5 Å². The number of carbonyl (C=O) groups excluding carboxylic acids is 2. The SMILES string of the molecule is CC(S)C(=O)OC(=O)[C@H](C)N. The quantitative estimate of drug-likeness (QED) is 0.346. The van der Waals surface area contributed by atoms with Crippen molar-refractivity contribution in [3.05, 3.63) is 0 Å². The first-order valence-corrected chi connectivity index (χ1v) is 3.66. The number of carbonyl (C=O) groups is 2. The maximum absolute atomic E-state index is 10.7. The predicted octanol–water partition coefficient (Wildman–Crippen LogP) is -0.278. The fourth-order valence-electron chi connectivity index (χ4n) is 0.277. The Morgan fingerprint density at radius 2 is 1.82 bits per heavy atom. The Bertz CT molecular complexity index is 149. The number of hydrogen-bond donors (Lipinski definition) is 2. The zero-order valence-corrected chi connectivity index (χ0v) is 7.30. The van der Waals surface area contributed by atoms with Crippen molar-refractivity contribution in [2.75, 3.05) is 0 Å². The van der Waals surface area contributed by atoms with Crippen LogP contribution in [0.4, 0.5) is 0 Å². The fraction of sp³-hybridized carbons (Fsp3) is 0.667. The van der Waals surface area contributed by atoms with Crippen molar-refractivity contribution in [2.45, 2.75) is 25.1 Å². The van der Waals surface area contributed by atoms with E-state index in [-0.39, 0.29) is 0 Å². The highest BCUT2D eigenvalue weighted by Gasteiger charge is 2.17. The molecular formula is C6H11NO3S. The van der Waals surface area contributed by atoms with Gasteiger partial charge in [0.25, 0.3) is 0 Å². The highest BCUT2D eigenvalue weighted by atomic mass is 32.1. The lowest BCUT2D eigenvalue weighted by atomic mass is 10.4. The van der Waals surface area contributed by atoms with Gasteiger partial charge in [0.15, 0.2) is 0 Å². The molecule has 0 aliphatic rings. The number of thiol groups is 1. The molecule has 0 radical (unpaired) electrons. The molecule has 0 aliphatic carbocycles. The first-order chi connectivity index (χ1) is 4.95. The summed E-state index contributed by atoms with van der Waals surface area (Å²) in [4.78, 5) is 21.3. The minimum absolute atomic E-state index is 0.599. The summed E-state index contributed by atoms with van der Waals surface area (Å²) in [6, 6.07) is -0.772. The Hall–Kier alpha value is -0.550. The topological polar surface area (TPSA) is 69.4 Å². The Morgan fingerprint density at radius 3 is 2.09 bits per heavy atom. The average Bonchev–Trinajstić information content (AvgIpc) is 1.87. The average molecular weight is 177 g/mol. The Kier molecular flexibility index (Phi) is 4.14. The van der Waals surface area contributed by atoms with E-state index in [4.69, 9.17) is 5.73 Å². The van der Waals surface area contributed by atoms with Crippen molar-refractivity contribution in [1.29, 1.82) is 0 Å². The van der Waals surface area contributed by atoms with Crippen molar-refractivity contribution in [3.63, 3.8) is 0 Å². The molecule has 2 atom stereocenters. The van der Waals surface area contributed by atoms with Crippen molar-refractivity contribution in [2.24, 2.45) is 5.73 Å². The maximum Gasteiger partial charge on any atom is 0.330 e. The predicted molar refractivity (Wildman–Crippen MR) is 43.2 cm³/mol. The summed E-state index contributed by atoms with van der Waals surface area (Å²) in [5.41, 5.74) is 5.13. The number of hydrogen-bond acceptors (Lipinski definition) is 5. The molecule has 0 aliphatic heterocycles. The molecule has 0 bridgehead atoms. The van der Waals surface area contributed by atoms with Crippen LogP contribution in [0, 0.1) is 0 Å². The van der Waals surface area contributed by atoms with Crippen LogP contribution in [0.5, 0.6) is 0 Å². The summed E-state index contributed by atoms with van der Waals surface area (Å²) in [5.74, 6) is -1.40. The largest absolute Gasteiger partial charge is 0.391 e. The normalized spacial score (nSPS) is 15.3. The summed E-state index contributed by atoms with van der Waals surface area (Å²) in [5, 5.41) is -0.599. The molecule has 1 unspecified atom stereocenters. The van der Waals surface area contributed by atoms with E-state index in [0.717, 1.165) is 0 Å². The Morgan fingerprint density at radius 1 is 1.36 bits per heavy atom. The third kappa shape index (κ3) is 4.00. The Balaban J connectivity index is 3.86. The fourth-order valence-corrected chi connectivity index (χ4v) is 0.330. The van der Waals surface area contributed by atoms with E-state index in [9.17, 15) is 9.59 Å². The van der Waals surface area contributed by atoms with Crippen LogP contribution in [0.15, 0.2) is 0 Å². The van der Waals surface area contributed by atoms with Crippen LogP contribution in [0.1, 0.15) is 13.8 Å². The zero-order chi connectivity index (χ0) is 9.02. The summed E-state index contributed by atoms with van der Waals surface area (Å²) in [6.45, 7) is 2.96. The maximum atomic E-state index is 10.7. The van der Waals surface area contributed by atoms with Crippen LogP contribution in [-0.4, -0.2) is 23.2 Å². The van der Waals surface area contributed by atoms with Gasteiger partial charge >= 0.3 is 11.9 Å². The van der Waals surface area contributed by atoms with Gasteiger partial charge in [-0.3, -0.25) is 4.79 Å². The molecule has 0 saturated heterocycles. The molecule has 0 aromatic heterocycles. The van der Waals surface area contributed by atoms with Crippen molar-refractivity contribution in [3.8, 4) is 0 Å². The molecule has 64 valence electrons. The van der Waals surface area contributed by atoms with Crippen molar-refractivity contribution in [1.82, 2.24) is 0 Å². The van der Waals surface area contributed by atoms with E-state index in [1.54, 1.807) is 0 Å². The molecule has 0 aromatic rings. The van der Waals surface area contributed by atoms with Crippen LogP contribution in [0.2, 0.25) is 0 Å². The van der Waals surface area contributed by atoms with Gasteiger partial charge in [0.1, 0.15) is 6.04 Å². The zero-order valence-electron chi connectivity index (χ0n) is 6.40. The molecule has 0 heterocycles. The van der Waals surface area contributed by atoms with E-state index in [1.165, 1.54) is 13.8 Å². The number of nitrogens with two attached hydrogens (primary N) is 1. The van der Waals surface area contributed by atoms with Gasteiger partial charge in [0.05, 0.1) is 5.25 Å². The lowest BCUT2D eigenvalue weighted by Gasteiger charge is -2.05. The second kappa shape index (κ2) is 4.35. The molecule has 2 N–H and O–H groups in total. The van der Waals surface area contributed by atoms with Gasteiger partial charge in [-0.15, -0.1) is 0 Å². The van der Waals surface area contributed by atoms with E-state index < -0.39 is 23.2 Å². The number of esters is 2. The van der Waals surface area contributed by atoms with Gasteiger partial charge in [-0.25, -0.2) is 4.79 Å². The minimum atomic E-state index is -0.772. The lowest BCUT2D eigenvalue weighted by molar-refractivity contribution is -0.159. The molecule has 0 rings (SSSR count). The van der Waals surface area contributed by atoms with Crippen LogP contribution >= 0.6 is 12.6 Å². The highest BCUT2D eigenvalue weighted by Crippen LogP contribution is 1.97. The summed E-state index contributed by atoms with van der Waals surface area (Å²) < 4.78 is 4.29. The standard InChI is InChI=1S/C6H11NO3S/c1-3(7)5(8)10-6(9)4(2)11/h3-4,11H,7H2,1-2H3/t3-,4?/m0/s1. The van der Waals surface area contributed by atoms with Crippen LogP contribution in [0.25, 0.3) is 0 Å². The van der Waals surface area contributed by atoms with Gasteiger partial charge in [-0.2, -0.15) is 12.6 Å². The first kappa shape index (κ1) is 10.4. The highest BCUT2D eigenvalue weighted by molar-refractivity contribution is 7.81. The van der Waals surface area contributed by atoms with Gasteiger partial charge in [-0.1, -0.05) is 0 Å². The number of rotatable bonds is 2. The first-order valence-electron chi connectivity index (χ1n) is 3.14. The lowest BCUT2D eigenvalue weighted by Crippen LogP contribution is -2.32. The molecule has 4 nitrogen and oxygen atoms in total. The molecule has 0 spiro atoms. The smallest absolute Gasteiger partial charge is 0.330 e. The third-order valence-corrected chi connectivity index (χ3v) is 1.12. The van der Waals surface area contributed by atoms with Crippen LogP contribution in [-0.2, 0) is 14.3 Å². The molecule has 5 heteroatoms. The van der Waals surface area contributed by atoms with Gasteiger partial charge in [-0.05, 0) is 13.8 Å². The summed E-state index contributed by atoms with van der Waals surface area (Å²) >= 11 is 3.77. The van der Waals surface area contributed by atoms with Gasteiger partial charge in [0, 0.05) is 0 Å². The third-order valence-electron chi connectivity index (χ3n) is 0.914. The molecule has 0 amide bonds. The molecular weight excluding hydrogens is 166 g/mol. The van der Waals surface area contributed by atoms with Crippen LogP contribution < -0.4 is 5.73 Å². The molecule has 0 fully saturated rings. The summed E-state index contributed by atoms with van der Waals surface area (Å²) in [7, 11) is 0. The minimum Gasteiger partial charge on any atom is -0.391 e. The molecule has 0 saturated carbocycles. The monoisotopic (exact) mass is 177 g/mol. The second-order valence-corrected chi connectivity index (χ2v) is 2.98. The van der Waals surface area contributed by atoms with E-state index in [1.807, 2.05) is 0 Å². The van der Waals surface area contributed by atoms with E-state index >= 15 is 0 Å². The van der Waals surface area contributed by atoms with Crippen molar-refractivity contribution >= 4 is 24.6 Å². The number of ether oxygens (including phenoxy) is 1.